The van der Waals surface area contributed by atoms with Gasteiger partial charge in [0, 0.05) is 12.1 Å². The molecule has 0 aromatic heterocycles. The third kappa shape index (κ3) is 3.62. The van der Waals surface area contributed by atoms with Crippen LogP contribution in [0.4, 0.5) is 11.4 Å². The number of fused-ring (bicyclic) bond motifs is 1. The first-order chi connectivity index (χ1) is 11.5. The van der Waals surface area contributed by atoms with Crippen molar-refractivity contribution in [2.24, 2.45) is 0 Å². The molecule has 0 heterocycles. The van der Waals surface area contributed by atoms with Gasteiger partial charge in [-0.05, 0) is 54.9 Å². The van der Waals surface area contributed by atoms with Gasteiger partial charge in [0.05, 0.1) is 17.0 Å². The van der Waals surface area contributed by atoms with Crippen LogP contribution in [0.15, 0.2) is 36.4 Å². The van der Waals surface area contributed by atoms with E-state index in [4.69, 9.17) is 0 Å². The van der Waals surface area contributed by atoms with Gasteiger partial charge in [-0.1, -0.05) is 24.3 Å². The number of benzene rings is 2. The van der Waals surface area contributed by atoms with E-state index in [-0.39, 0.29) is 18.0 Å². The van der Waals surface area contributed by atoms with Gasteiger partial charge in [-0.25, -0.2) is 0 Å². The number of aryl methyl sites for hydroxylation is 3. The number of nitrogens with one attached hydrogen (secondary N) is 1. The molecule has 0 fully saturated rings. The lowest BCUT2D eigenvalue weighted by molar-refractivity contribution is -0.384. The highest BCUT2D eigenvalue weighted by Crippen LogP contribution is 2.24. The Kier molecular flexibility index (Phi) is 4.60. The molecule has 0 atom stereocenters. The van der Waals surface area contributed by atoms with Crippen molar-refractivity contribution in [2.45, 2.75) is 39.0 Å². The highest BCUT2D eigenvalue weighted by atomic mass is 16.6. The van der Waals surface area contributed by atoms with E-state index in [1.807, 2.05) is 13.0 Å². The zero-order chi connectivity index (χ0) is 17.1. The summed E-state index contributed by atoms with van der Waals surface area (Å²) >= 11 is 0. The number of nitro groups is 1. The van der Waals surface area contributed by atoms with Gasteiger partial charge in [0.2, 0.25) is 5.91 Å². The molecule has 0 bridgehead atoms. The molecule has 5 heteroatoms. The van der Waals surface area contributed by atoms with Crippen molar-refractivity contribution in [1.82, 2.24) is 0 Å². The second kappa shape index (κ2) is 6.83. The van der Waals surface area contributed by atoms with E-state index in [2.05, 4.69) is 17.4 Å². The molecule has 24 heavy (non-hydrogen) atoms. The summed E-state index contributed by atoms with van der Waals surface area (Å²) in [6.07, 6.45) is 4.91. The number of nitro benzene ring substituents is 1. The summed E-state index contributed by atoms with van der Waals surface area (Å²) < 4.78 is 0. The minimum Gasteiger partial charge on any atom is -0.325 e. The fourth-order valence-corrected chi connectivity index (χ4v) is 3.13. The molecular weight excluding hydrogens is 304 g/mol. The number of hydrogen-bond acceptors (Lipinski definition) is 3. The van der Waals surface area contributed by atoms with E-state index in [0.29, 0.717) is 5.69 Å². The van der Waals surface area contributed by atoms with Crippen molar-refractivity contribution in [3.8, 4) is 0 Å². The second-order valence-electron chi connectivity index (χ2n) is 6.29. The molecule has 0 aliphatic heterocycles. The van der Waals surface area contributed by atoms with Crippen molar-refractivity contribution in [1.29, 1.82) is 0 Å². The molecule has 0 spiro atoms. The van der Waals surface area contributed by atoms with Crippen LogP contribution < -0.4 is 5.32 Å². The Bertz CT molecular complexity index is 799. The lowest BCUT2D eigenvalue weighted by atomic mass is 9.90. The Morgan fingerprint density at radius 3 is 2.62 bits per heavy atom. The number of rotatable bonds is 4. The molecule has 124 valence electrons. The third-order valence-corrected chi connectivity index (χ3v) is 4.48. The summed E-state index contributed by atoms with van der Waals surface area (Å²) in [4.78, 5) is 22.7. The first kappa shape index (κ1) is 16.2. The second-order valence-corrected chi connectivity index (χ2v) is 6.29. The first-order valence-corrected chi connectivity index (χ1v) is 8.18. The Labute approximate surface area is 140 Å². The van der Waals surface area contributed by atoms with Crippen LogP contribution in [0.5, 0.6) is 0 Å². The normalized spacial score (nSPS) is 13.2. The Hall–Kier alpha value is -2.69. The summed E-state index contributed by atoms with van der Waals surface area (Å²) in [6.45, 7) is 1.82. The van der Waals surface area contributed by atoms with E-state index >= 15 is 0 Å². The van der Waals surface area contributed by atoms with Crippen LogP contribution in [0.2, 0.25) is 0 Å². The zero-order valence-corrected chi connectivity index (χ0v) is 13.7. The summed E-state index contributed by atoms with van der Waals surface area (Å²) in [6, 6.07) is 10.7. The fourth-order valence-electron chi connectivity index (χ4n) is 3.13. The van der Waals surface area contributed by atoms with Crippen LogP contribution in [-0.4, -0.2) is 10.8 Å². The predicted octanol–water partition coefficient (Wildman–Crippen LogP) is 3.96. The van der Waals surface area contributed by atoms with Crippen molar-refractivity contribution in [2.75, 3.05) is 5.32 Å². The maximum absolute atomic E-state index is 12.3. The Balaban J connectivity index is 1.72. The number of nitrogens with zero attached hydrogens (tertiary/aromatic N) is 1. The van der Waals surface area contributed by atoms with Gasteiger partial charge in [0.25, 0.3) is 5.69 Å². The molecule has 1 N–H and O–H groups in total. The predicted molar refractivity (Wildman–Crippen MR) is 93.3 cm³/mol. The minimum absolute atomic E-state index is 0.0234. The van der Waals surface area contributed by atoms with Crippen LogP contribution in [-0.2, 0) is 24.1 Å². The lowest BCUT2D eigenvalue weighted by Gasteiger charge is -2.16. The van der Waals surface area contributed by atoms with Crippen LogP contribution >= 0.6 is 0 Å². The quantitative estimate of drug-likeness (QED) is 0.683. The molecule has 1 amide bonds. The number of non-ortho nitro benzene ring substituents is 1. The van der Waals surface area contributed by atoms with Gasteiger partial charge in [-0.15, -0.1) is 0 Å². The standard InChI is InChI=1S/C19H20N2O3/c1-13-6-9-17(21(23)24)12-18(13)20-19(22)11-14-7-8-15-4-2-3-5-16(15)10-14/h6-10,12H,2-5,11H2,1H3,(H,20,22). The van der Waals surface area contributed by atoms with Gasteiger partial charge >= 0.3 is 0 Å². The van der Waals surface area contributed by atoms with E-state index in [0.717, 1.165) is 24.0 Å². The Morgan fingerprint density at radius 1 is 1.12 bits per heavy atom. The summed E-state index contributed by atoms with van der Waals surface area (Å²) in [5.41, 5.74) is 4.99. The molecule has 0 radical (unpaired) electrons. The number of amides is 1. The van der Waals surface area contributed by atoms with E-state index < -0.39 is 4.92 Å². The molecule has 0 saturated heterocycles. The van der Waals surface area contributed by atoms with Crippen LogP contribution in [0.3, 0.4) is 0 Å². The van der Waals surface area contributed by atoms with E-state index in [9.17, 15) is 14.9 Å². The largest absolute Gasteiger partial charge is 0.325 e. The summed E-state index contributed by atoms with van der Waals surface area (Å²) in [5, 5.41) is 13.7. The maximum Gasteiger partial charge on any atom is 0.271 e. The third-order valence-electron chi connectivity index (χ3n) is 4.48. The minimum atomic E-state index is -0.460. The van der Waals surface area contributed by atoms with Crippen molar-refractivity contribution in [3.63, 3.8) is 0 Å². The summed E-state index contributed by atoms with van der Waals surface area (Å²) in [7, 11) is 0. The fraction of sp³-hybridized carbons (Fsp3) is 0.316. The van der Waals surface area contributed by atoms with Crippen molar-refractivity contribution in [3.05, 3.63) is 68.8 Å². The van der Waals surface area contributed by atoms with Crippen molar-refractivity contribution >= 4 is 17.3 Å². The number of anilines is 1. The van der Waals surface area contributed by atoms with Crippen LogP contribution in [0.1, 0.15) is 35.1 Å². The number of carbonyl (C=O) groups excluding carboxylic acids is 1. The molecule has 5 nitrogen and oxygen atoms in total. The molecule has 0 saturated carbocycles. The average Bonchev–Trinajstić information content (AvgIpc) is 2.56. The maximum atomic E-state index is 12.3. The Morgan fingerprint density at radius 2 is 1.88 bits per heavy atom. The van der Waals surface area contributed by atoms with E-state index in [1.165, 1.54) is 36.1 Å². The first-order valence-electron chi connectivity index (χ1n) is 8.18. The lowest BCUT2D eigenvalue weighted by Crippen LogP contribution is -2.16. The van der Waals surface area contributed by atoms with Crippen molar-refractivity contribution < 1.29 is 9.72 Å². The highest BCUT2D eigenvalue weighted by molar-refractivity contribution is 5.93. The molecular formula is C19H20N2O3. The molecule has 2 aromatic carbocycles. The molecule has 1 aliphatic carbocycles. The van der Waals surface area contributed by atoms with Gasteiger partial charge in [0.15, 0.2) is 0 Å². The van der Waals surface area contributed by atoms with Crippen LogP contribution in [0, 0.1) is 17.0 Å². The van der Waals surface area contributed by atoms with Gasteiger partial charge in [0.1, 0.15) is 0 Å². The molecule has 2 aromatic rings. The highest BCUT2D eigenvalue weighted by Gasteiger charge is 2.13. The summed E-state index contributed by atoms with van der Waals surface area (Å²) in [5.74, 6) is -0.158. The number of carbonyl (C=O) groups is 1. The zero-order valence-electron chi connectivity index (χ0n) is 13.7. The smallest absolute Gasteiger partial charge is 0.271 e. The van der Waals surface area contributed by atoms with E-state index in [1.54, 1.807) is 6.07 Å². The molecule has 0 unspecified atom stereocenters. The SMILES string of the molecule is Cc1ccc([N+](=O)[O-])cc1NC(=O)Cc1ccc2c(c1)CCCC2. The average molecular weight is 324 g/mol. The number of hydrogen-bond donors (Lipinski definition) is 1. The topological polar surface area (TPSA) is 72.2 Å². The molecule has 1 aliphatic rings. The van der Waals surface area contributed by atoms with Crippen LogP contribution in [0.25, 0.3) is 0 Å². The van der Waals surface area contributed by atoms with Gasteiger partial charge in [-0.2, -0.15) is 0 Å². The van der Waals surface area contributed by atoms with Gasteiger partial charge in [-0.3, -0.25) is 14.9 Å². The molecule has 3 rings (SSSR count). The van der Waals surface area contributed by atoms with Gasteiger partial charge < -0.3 is 5.32 Å². The monoisotopic (exact) mass is 324 g/mol.